The highest BCUT2D eigenvalue weighted by atomic mass is 16.5. The van der Waals surface area contributed by atoms with Crippen LogP contribution in [0.25, 0.3) is 0 Å². The number of nitrogens with zero attached hydrogens (tertiary/aromatic N) is 1. The van der Waals surface area contributed by atoms with Crippen LogP contribution in [0.2, 0.25) is 0 Å². The first kappa shape index (κ1) is 18.3. The van der Waals surface area contributed by atoms with E-state index in [9.17, 15) is 14.7 Å². The molecule has 0 saturated carbocycles. The summed E-state index contributed by atoms with van der Waals surface area (Å²) >= 11 is 0. The fraction of sp³-hybridized carbons (Fsp3) is 0.150. The van der Waals surface area contributed by atoms with E-state index < -0.39 is 12.0 Å². The van der Waals surface area contributed by atoms with Gasteiger partial charge < -0.3 is 14.8 Å². The summed E-state index contributed by atoms with van der Waals surface area (Å²) in [5.74, 6) is 0.342. The van der Waals surface area contributed by atoms with Crippen molar-refractivity contribution in [1.82, 2.24) is 15.3 Å². The Balaban J connectivity index is 1.67. The van der Waals surface area contributed by atoms with Crippen molar-refractivity contribution in [3.8, 4) is 11.5 Å². The Labute approximate surface area is 155 Å². The van der Waals surface area contributed by atoms with Crippen LogP contribution >= 0.6 is 0 Å². The van der Waals surface area contributed by atoms with E-state index in [0.29, 0.717) is 17.1 Å². The molecule has 1 heterocycles. The lowest BCUT2D eigenvalue weighted by molar-refractivity contribution is -0.139. The van der Waals surface area contributed by atoms with Crippen molar-refractivity contribution < 1.29 is 14.6 Å². The van der Waals surface area contributed by atoms with Gasteiger partial charge in [0.15, 0.2) is 0 Å². The van der Waals surface area contributed by atoms with Crippen molar-refractivity contribution in [2.75, 3.05) is 0 Å². The molecule has 0 radical (unpaired) electrons. The van der Waals surface area contributed by atoms with Gasteiger partial charge in [0.1, 0.15) is 17.5 Å². The van der Waals surface area contributed by atoms with Gasteiger partial charge in [0.2, 0.25) is 0 Å². The number of H-pyrrole nitrogens is 1. The molecule has 0 amide bonds. The molecule has 1 unspecified atom stereocenters. The molecule has 0 saturated heterocycles. The largest absolute Gasteiger partial charge is 0.480 e. The van der Waals surface area contributed by atoms with Crippen LogP contribution in [-0.2, 0) is 17.8 Å². The zero-order valence-electron chi connectivity index (χ0n) is 14.5. The quantitative estimate of drug-likeness (QED) is 0.566. The maximum absolute atomic E-state index is 11.7. The molecule has 0 aliphatic rings. The number of para-hydroxylation sites is 1. The molecule has 0 aliphatic carbocycles. The number of aliphatic carboxylic acids is 1. The topological polar surface area (TPSA) is 104 Å². The summed E-state index contributed by atoms with van der Waals surface area (Å²) in [6.45, 7) is 0.111. The van der Waals surface area contributed by atoms with E-state index in [1.165, 1.54) is 12.5 Å². The Bertz CT molecular complexity index is 956. The van der Waals surface area contributed by atoms with Gasteiger partial charge in [-0.3, -0.25) is 14.9 Å². The average molecular weight is 365 g/mol. The molecular formula is C20H19N3O4. The monoisotopic (exact) mass is 365 g/mol. The van der Waals surface area contributed by atoms with Crippen LogP contribution in [0.15, 0.2) is 71.9 Å². The molecule has 3 N–H and O–H groups in total. The van der Waals surface area contributed by atoms with Crippen LogP contribution in [0.1, 0.15) is 11.1 Å². The van der Waals surface area contributed by atoms with Gasteiger partial charge in [-0.05, 0) is 36.2 Å². The minimum absolute atomic E-state index is 0.111. The third kappa shape index (κ3) is 5.26. The molecule has 0 fully saturated rings. The van der Waals surface area contributed by atoms with Crippen molar-refractivity contribution in [2.24, 2.45) is 0 Å². The maximum Gasteiger partial charge on any atom is 0.321 e. The lowest BCUT2D eigenvalue weighted by Crippen LogP contribution is -2.39. The van der Waals surface area contributed by atoms with Crippen LogP contribution in [0.5, 0.6) is 11.5 Å². The Hall–Kier alpha value is -3.45. The van der Waals surface area contributed by atoms with Gasteiger partial charge in [-0.15, -0.1) is 0 Å². The SMILES string of the molecule is O=C(O)C(Cc1cccc(Oc2ccccc2)c1)NCc1cnc[nH]c1=O. The van der Waals surface area contributed by atoms with Gasteiger partial charge in [0.05, 0.1) is 6.33 Å². The molecule has 138 valence electrons. The minimum atomic E-state index is -0.996. The standard InChI is InChI=1S/C20H19N3O4/c24-19-15(11-21-13-23-19)12-22-18(20(25)26)10-14-5-4-8-17(9-14)27-16-6-2-1-3-7-16/h1-9,11,13,18,22H,10,12H2,(H,25,26)(H,21,23,24). The van der Waals surface area contributed by atoms with Gasteiger partial charge in [0, 0.05) is 18.3 Å². The van der Waals surface area contributed by atoms with Gasteiger partial charge in [0.25, 0.3) is 5.56 Å². The Morgan fingerprint density at radius 1 is 1.15 bits per heavy atom. The Morgan fingerprint density at radius 3 is 2.67 bits per heavy atom. The average Bonchev–Trinajstić information content (AvgIpc) is 2.67. The van der Waals surface area contributed by atoms with Crippen molar-refractivity contribution in [3.63, 3.8) is 0 Å². The number of carboxylic acid groups (broad SMARTS) is 1. The van der Waals surface area contributed by atoms with Crippen molar-refractivity contribution in [2.45, 2.75) is 19.0 Å². The number of nitrogens with one attached hydrogen (secondary N) is 2. The first-order valence-electron chi connectivity index (χ1n) is 8.41. The number of aromatic nitrogens is 2. The fourth-order valence-electron chi connectivity index (χ4n) is 2.58. The van der Waals surface area contributed by atoms with Crippen molar-refractivity contribution >= 4 is 5.97 Å². The van der Waals surface area contributed by atoms with Gasteiger partial charge in [-0.25, -0.2) is 4.98 Å². The highest BCUT2D eigenvalue weighted by Gasteiger charge is 2.18. The molecule has 0 bridgehead atoms. The molecule has 0 aliphatic heterocycles. The lowest BCUT2D eigenvalue weighted by Gasteiger charge is -2.15. The minimum Gasteiger partial charge on any atom is -0.480 e. The van der Waals surface area contributed by atoms with Crippen LogP contribution < -0.4 is 15.6 Å². The van der Waals surface area contributed by atoms with E-state index in [0.717, 1.165) is 5.56 Å². The van der Waals surface area contributed by atoms with E-state index in [2.05, 4.69) is 15.3 Å². The zero-order chi connectivity index (χ0) is 19.1. The summed E-state index contributed by atoms with van der Waals surface area (Å²) in [6, 6.07) is 15.8. The third-order valence-electron chi connectivity index (χ3n) is 3.95. The van der Waals surface area contributed by atoms with Crippen LogP contribution in [-0.4, -0.2) is 27.1 Å². The van der Waals surface area contributed by atoms with E-state index in [1.54, 1.807) is 0 Å². The number of hydrogen-bond acceptors (Lipinski definition) is 5. The third-order valence-corrected chi connectivity index (χ3v) is 3.95. The Morgan fingerprint density at radius 2 is 1.93 bits per heavy atom. The van der Waals surface area contributed by atoms with Gasteiger partial charge in [-0.1, -0.05) is 30.3 Å². The molecule has 27 heavy (non-hydrogen) atoms. The van der Waals surface area contributed by atoms with Gasteiger partial charge in [-0.2, -0.15) is 0 Å². The first-order valence-corrected chi connectivity index (χ1v) is 8.41. The van der Waals surface area contributed by atoms with Crippen molar-refractivity contribution in [1.29, 1.82) is 0 Å². The predicted molar refractivity (Wildman–Crippen MR) is 99.8 cm³/mol. The zero-order valence-corrected chi connectivity index (χ0v) is 14.5. The van der Waals surface area contributed by atoms with E-state index in [4.69, 9.17) is 4.74 Å². The first-order chi connectivity index (χ1) is 13.1. The molecular weight excluding hydrogens is 346 g/mol. The molecule has 7 nitrogen and oxygen atoms in total. The van der Waals surface area contributed by atoms with E-state index in [1.807, 2.05) is 54.6 Å². The van der Waals surface area contributed by atoms with Crippen LogP contribution in [0, 0.1) is 0 Å². The smallest absolute Gasteiger partial charge is 0.321 e. The number of benzene rings is 2. The van der Waals surface area contributed by atoms with Gasteiger partial charge >= 0.3 is 5.97 Å². The second-order valence-corrected chi connectivity index (χ2v) is 5.94. The van der Waals surface area contributed by atoms with Crippen LogP contribution in [0.4, 0.5) is 0 Å². The van der Waals surface area contributed by atoms with E-state index >= 15 is 0 Å². The number of carboxylic acids is 1. The summed E-state index contributed by atoms with van der Waals surface area (Å²) in [7, 11) is 0. The lowest BCUT2D eigenvalue weighted by atomic mass is 10.1. The molecule has 3 rings (SSSR count). The second-order valence-electron chi connectivity index (χ2n) is 5.94. The molecule has 1 atom stereocenters. The number of rotatable bonds is 8. The highest BCUT2D eigenvalue weighted by molar-refractivity contribution is 5.74. The maximum atomic E-state index is 11.7. The Kier molecular flexibility index (Phi) is 5.96. The summed E-state index contributed by atoms with van der Waals surface area (Å²) < 4.78 is 5.78. The number of aromatic amines is 1. The normalized spacial score (nSPS) is 11.7. The van der Waals surface area contributed by atoms with Crippen LogP contribution in [0.3, 0.4) is 0 Å². The summed E-state index contributed by atoms with van der Waals surface area (Å²) in [5.41, 5.74) is 0.897. The summed E-state index contributed by atoms with van der Waals surface area (Å²) in [4.78, 5) is 29.6. The molecule has 2 aromatic carbocycles. The number of hydrogen-bond donors (Lipinski definition) is 3. The molecule has 3 aromatic rings. The predicted octanol–water partition coefficient (Wildman–Crippen LogP) is 2.35. The fourth-order valence-corrected chi connectivity index (χ4v) is 2.58. The molecule has 7 heteroatoms. The second kappa shape index (κ2) is 8.77. The van der Waals surface area contributed by atoms with E-state index in [-0.39, 0.29) is 18.5 Å². The van der Waals surface area contributed by atoms with Crippen molar-refractivity contribution in [3.05, 3.63) is 88.6 Å². The molecule has 1 aromatic heterocycles. The number of ether oxygens (including phenoxy) is 1. The number of carbonyl (C=O) groups is 1. The highest BCUT2D eigenvalue weighted by Crippen LogP contribution is 2.22. The summed E-state index contributed by atoms with van der Waals surface area (Å²) in [5, 5.41) is 12.4. The molecule has 0 spiro atoms. The summed E-state index contributed by atoms with van der Waals surface area (Å²) in [6.07, 6.45) is 2.96.